The number of rotatable bonds is 1. The van der Waals surface area contributed by atoms with Crippen LogP contribution in [0.25, 0.3) is 27.6 Å². The minimum Gasteiger partial charge on any atom is -0.303 e. The summed E-state index contributed by atoms with van der Waals surface area (Å²) in [4.78, 5) is 0. The van der Waals surface area contributed by atoms with Crippen molar-refractivity contribution in [3.8, 4) is 5.69 Å². The van der Waals surface area contributed by atoms with Crippen LogP contribution >= 0.6 is 0 Å². The molecule has 4 rings (SSSR count). The molecule has 21 heavy (non-hydrogen) atoms. The number of nitrogens with zero attached hydrogens (tertiary/aromatic N) is 4. The standard InChI is InChI=1S/C15H14FN5/c1-8-15(9(2)20(3)19-8)21-12-5-4-10(16)6-11(12)14-13(21)7-17-18-14/h4-7H,1-3H3,(H,17,18). The summed E-state index contributed by atoms with van der Waals surface area (Å²) in [5.41, 5.74) is 5.71. The highest BCUT2D eigenvalue weighted by atomic mass is 19.1. The molecule has 0 fully saturated rings. The van der Waals surface area contributed by atoms with E-state index in [-0.39, 0.29) is 5.82 Å². The molecular formula is C15H14FN5. The fourth-order valence-corrected chi connectivity index (χ4v) is 3.01. The molecule has 0 unspecified atom stereocenters. The van der Waals surface area contributed by atoms with E-state index >= 15 is 0 Å². The zero-order valence-electron chi connectivity index (χ0n) is 12.0. The molecule has 0 aliphatic heterocycles. The van der Waals surface area contributed by atoms with Crippen molar-refractivity contribution in [1.29, 1.82) is 0 Å². The van der Waals surface area contributed by atoms with Gasteiger partial charge in [-0.05, 0) is 32.0 Å². The van der Waals surface area contributed by atoms with Crippen LogP contribution in [0.2, 0.25) is 0 Å². The molecule has 0 atom stereocenters. The van der Waals surface area contributed by atoms with Gasteiger partial charge in [0.1, 0.15) is 5.82 Å². The monoisotopic (exact) mass is 283 g/mol. The SMILES string of the molecule is Cc1nn(C)c(C)c1-n1c2ccc(F)cc2c2[nH]ncc21. The Bertz CT molecular complexity index is 989. The molecule has 0 aliphatic rings. The number of aromatic nitrogens is 5. The van der Waals surface area contributed by atoms with Gasteiger partial charge >= 0.3 is 0 Å². The number of halogens is 1. The van der Waals surface area contributed by atoms with Crippen LogP contribution in [0.4, 0.5) is 4.39 Å². The molecule has 6 heteroatoms. The average molecular weight is 283 g/mol. The van der Waals surface area contributed by atoms with E-state index in [0.717, 1.165) is 39.0 Å². The summed E-state index contributed by atoms with van der Waals surface area (Å²) in [5.74, 6) is -0.254. The molecule has 1 aromatic carbocycles. The highest BCUT2D eigenvalue weighted by molar-refractivity contribution is 6.07. The van der Waals surface area contributed by atoms with E-state index in [9.17, 15) is 4.39 Å². The predicted octanol–water partition coefficient (Wildman–Crippen LogP) is 3.00. The molecule has 3 aromatic heterocycles. The first kappa shape index (κ1) is 12.1. The Morgan fingerprint density at radius 2 is 2.00 bits per heavy atom. The maximum atomic E-state index is 13.6. The Morgan fingerprint density at radius 3 is 2.71 bits per heavy atom. The molecule has 0 amide bonds. The van der Waals surface area contributed by atoms with Crippen molar-refractivity contribution in [2.75, 3.05) is 0 Å². The number of benzene rings is 1. The van der Waals surface area contributed by atoms with Gasteiger partial charge in [0, 0.05) is 12.4 Å². The normalized spacial score (nSPS) is 11.8. The maximum absolute atomic E-state index is 13.6. The van der Waals surface area contributed by atoms with Crippen LogP contribution in [0.5, 0.6) is 0 Å². The number of aryl methyl sites for hydroxylation is 2. The van der Waals surface area contributed by atoms with Crippen LogP contribution in [0.1, 0.15) is 11.4 Å². The highest BCUT2D eigenvalue weighted by Gasteiger charge is 2.19. The summed E-state index contributed by atoms with van der Waals surface area (Å²) in [5, 5.41) is 12.4. The fourth-order valence-electron chi connectivity index (χ4n) is 3.01. The third-order valence-electron chi connectivity index (χ3n) is 4.02. The minimum absolute atomic E-state index is 0.254. The van der Waals surface area contributed by atoms with Crippen LogP contribution in [-0.2, 0) is 7.05 Å². The van der Waals surface area contributed by atoms with Crippen molar-refractivity contribution >= 4 is 21.9 Å². The number of aromatic amines is 1. The van der Waals surface area contributed by atoms with E-state index in [1.807, 2.05) is 25.6 Å². The number of H-pyrrole nitrogens is 1. The molecule has 106 valence electrons. The summed E-state index contributed by atoms with van der Waals surface area (Å²) in [6, 6.07) is 4.81. The number of fused-ring (bicyclic) bond motifs is 3. The van der Waals surface area contributed by atoms with Gasteiger partial charge in [-0.2, -0.15) is 10.2 Å². The van der Waals surface area contributed by atoms with E-state index in [1.165, 1.54) is 12.1 Å². The van der Waals surface area contributed by atoms with Crippen molar-refractivity contribution in [2.24, 2.45) is 7.05 Å². The lowest BCUT2D eigenvalue weighted by atomic mass is 10.2. The Labute approximate surface area is 120 Å². The third kappa shape index (κ3) is 1.50. The van der Waals surface area contributed by atoms with Gasteiger partial charge in [-0.25, -0.2) is 4.39 Å². The first-order chi connectivity index (χ1) is 10.1. The molecule has 0 bridgehead atoms. The van der Waals surface area contributed by atoms with Gasteiger partial charge in [-0.15, -0.1) is 0 Å². The molecular weight excluding hydrogens is 269 g/mol. The molecule has 0 saturated carbocycles. The van der Waals surface area contributed by atoms with Crippen molar-refractivity contribution in [3.05, 3.63) is 41.6 Å². The topological polar surface area (TPSA) is 51.4 Å². The first-order valence-corrected chi connectivity index (χ1v) is 6.71. The van der Waals surface area contributed by atoms with Gasteiger partial charge in [0.15, 0.2) is 0 Å². The van der Waals surface area contributed by atoms with Gasteiger partial charge in [-0.3, -0.25) is 9.78 Å². The predicted molar refractivity (Wildman–Crippen MR) is 79.1 cm³/mol. The van der Waals surface area contributed by atoms with Crippen molar-refractivity contribution < 1.29 is 4.39 Å². The van der Waals surface area contributed by atoms with E-state index in [4.69, 9.17) is 0 Å². The van der Waals surface area contributed by atoms with E-state index in [1.54, 1.807) is 12.3 Å². The van der Waals surface area contributed by atoms with Gasteiger partial charge in [0.05, 0.1) is 39.8 Å². The molecule has 5 nitrogen and oxygen atoms in total. The van der Waals surface area contributed by atoms with Crippen molar-refractivity contribution in [3.63, 3.8) is 0 Å². The van der Waals surface area contributed by atoms with E-state index in [0.29, 0.717) is 0 Å². The van der Waals surface area contributed by atoms with Crippen LogP contribution in [-0.4, -0.2) is 24.5 Å². The molecule has 0 spiro atoms. The lowest BCUT2D eigenvalue weighted by Gasteiger charge is -2.07. The second-order valence-electron chi connectivity index (χ2n) is 5.27. The number of hydrogen-bond acceptors (Lipinski definition) is 2. The van der Waals surface area contributed by atoms with Crippen LogP contribution in [0.3, 0.4) is 0 Å². The minimum atomic E-state index is -0.254. The molecule has 3 heterocycles. The summed E-state index contributed by atoms with van der Waals surface area (Å²) >= 11 is 0. The van der Waals surface area contributed by atoms with Crippen molar-refractivity contribution in [1.82, 2.24) is 24.5 Å². The van der Waals surface area contributed by atoms with Gasteiger partial charge in [-0.1, -0.05) is 0 Å². The van der Waals surface area contributed by atoms with E-state index in [2.05, 4.69) is 19.9 Å². The molecule has 0 aliphatic carbocycles. The highest BCUT2D eigenvalue weighted by Crippen LogP contribution is 2.33. The summed E-state index contributed by atoms with van der Waals surface area (Å²) in [6.45, 7) is 4.00. The smallest absolute Gasteiger partial charge is 0.124 e. The van der Waals surface area contributed by atoms with Gasteiger partial charge < -0.3 is 4.57 Å². The first-order valence-electron chi connectivity index (χ1n) is 6.71. The zero-order chi connectivity index (χ0) is 14.7. The van der Waals surface area contributed by atoms with E-state index < -0.39 is 0 Å². The fraction of sp³-hybridized carbons (Fsp3) is 0.200. The summed E-state index contributed by atoms with van der Waals surface area (Å²) < 4.78 is 17.5. The Kier molecular flexibility index (Phi) is 2.28. The largest absolute Gasteiger partial charge is 0.303 e. The second-order valence-corrected chi connectivity index (χ2v) is 5.27. The van der Waals surface area contributed by atoms with Crippen LogP contribution in [0.15, 0.2) is 24.4 Å². The van der Waals surface area contributed by atoms with Crippen LogP contribution < -0.4 is 0 Å². The average Bonchev–Trinajstić information content (AvgIpc) is 3.07. The van der Waals surface area contributed by atoms with Crippen LogP contribution in [0, 0.1) is 19.7 Å². The van der Waals surface area contributed by atoms with Gasteiger partial charge in [0.25, 0.3) is 0 Å². The summed E-state index contributed by atoms with van der Waals surface area (Å²) in [7, 11) is 1.92. The lowest BCUT2D eigenvalue weighted by molar-refractivity contribution is 0.629. The molecule has 0 radical (unpaired) electrons. The second kappa shape index (κ2) is 3.94. The number of nitrogens with one attached hydrogen (secondary N) is 1. The third-order valence-corrected chi connectivity index (χ3v) is 4.02. The van der Waals surface area contributed by atoms with Gasteiger partial charge in [0.2, 0.25) is 0 Å². The maximum Gasteiger partial charge on any atom is 0.124 e. The quantitative estimate of drug-likeness (QED) is 0.584. The van der Waals surface area contributed by atoms with Crippen molar-refractivity contribution in [2.45, 2.75) is 13.8 Å². The summed E-state index contributed by atoms with van der Waals surface area (Å²) in [6.07, 6.45) is 1.76. The zero-order valence-corrected chi connectivity index (χ0v) is 12.0. The Hall–Kier alpha value is -2.63. The molecule has 4 aromatic rings. The lowest BCUT2D eigenvalue weighted by Crippen LogP contribution is -1.98. The Balaban J connectivity index is 2.23. The Morgan fingerprint density at radius 1 is 1.19 bits per heavy atom. The molecule has 0 saturated heterocycles. The molecule has 1 N–H and O–H groups in total. The number of hydrogen-bond donors (Lipinski definition) is 1.